The Bertz CT molecular complexity index is 420. The smallest absolute Gasteiger partial charge is 0.208 e. The van der Waals surface area contributed by atoms with Crippen LogP contribution in [0.1, 0.15) is 5.56 Å². The zero-order valence-electron chi connectivity index (χ0n) is 7.22. The number of rotatable bonds is 2. The fraction of sp³-hybridized carbons (Fsp3) is 0. The second-order valence-electron chi connectivity index (χ2n) is 2.62. The van der Waals surface area contributed by atoms with Crippen molar-refractivity contribution in [2.75, 3.05) is 0 Å². The largest absolute Gasteiger partial charge is 0.227 e. The average molecular weight is 206 g/mol. The number of nitrogens with zero attached hydrogens (tertiary/aromatic N) is 2. The summed E-state index contributed by atoms with van der Waals surface area (Å²) in [5.74, 6) is -0.239. The molecule has 0 radical (unpaired) electrons. The van der Waals surface area contributed by atoms with E-state index in [1.54, 1.807) is 24.5 Å². The first-order chi connectivity index (χ1) is 6.84. The van der Waals surface area contributed by atoms with Gasteiger partial charge in [0.1, 0.15) is 5.82 Å². The molecule has 4 heteroatoms. The van der Waals surface area contributed by atoms with E-state index in [0.717, 1.165) is 5.56 Å². The molecule has 0 bridgehead atoms. The lowest BCUT2D eigenvalue weighted by Crippen LogP contribution is -1.80. The fourth-order valence-corrected chi connectivity index (χ4v) is 1.44. The maximum atomic E-state index is 12.5. The fourth-order valence-electron chi connectivity index (χ4n) is 0.958. The molecule has 1 aromatic carbocycles. The van der Waals surface area contributed by atoms with Crippen molar-refractivity contribution in [2.45, 2.75) is 0 Å². The summed E-state index contributed by atoms with van der Waals surface area (Å²) in [4.78, 5) is 8.12. The van der Waals surface area contributed by atoms with Crippen molar-refractivity contribution in [3.63, 3.8) is 0 Å². The Morgan fingerprint density at radius 1 is 1.29 bits per heavy atom. The van der Waals surface area contributed by atoms with E-state index in [4.69, 9.17) is 0 Å². The van der Waals surface area contributed by atoms with E-state index in [9.17, 15) is 4.39 Å². The lowest BCUT2D eigenvalue weighted by atomic mass is 10.2. The summed E-state index contributed by atoms with van der Waals surface area (Å²) in [6.07, 6.45) is 3.36. The van der Waals surface area contributed by atoms with Crippen LogP contribution in [0.2, 0.25) is 0 Å². The Balaban J connectivity index is 2.15. The first-order valence-corrected chi connectivity index (χ1v) is 4.92. The van der Waals surface area contributed by atoms with Crippen molar-refractivity contribution in [3.8, 4) is 0 Å². The predicted molar refractivity (Wildman–Crippen MR) is 55.8 cm³/mol. The molecule has 0 aliphatic heterocycles. The molecular weight excluding hydrogens is 199 g/mol. The number of benzene rings is 1. The quantitative estimate of drug-likeness (QED) is 0.693. The molecule has 0 N–H and O–H groups in total. The summed E-state index contributed by atoms with van der Waals surface area (Å²) in [6, 6.07) is 6.16. The molecular formula is C10H7FN2S. The Hall–Kier alpha value is -1.55. The average Bonchev–Trinajstić information content (AvgIpc) is 2.70. The van der Waals surface area contributed by atoms with Gasteiger partial charge >= 0.3 is 0 Å². The van der Waals surface area contributed by atoms with Gasteiger partial charge in [-0.2, -0.15) is 0 Å². The SMILES string of the molecule is Fc1ccc(/C=N/c2nccs2)cc1. The first-order valence-electron chi connectivity index (χ1n) is 4.04. The molecule has 0 aliphatic carbocycles. The van der Waals surface area contributed by atoms with Crippen LogP contribution in [-0.2, 0) is 0 Å². The van der Waals surface area contributed by atoms with Gasteiger partial charge in [0.25, 0.3) is 0 Å². The van der Waals surface area contributed by atoms with Crippen LogP contribution >= 0.6 is 11.3 Å². The summed E-state index contributed by atoms with van der Waals surface area (Å²) in [5, 5.41) is 2.56. The Morgan fingerprint density at radius 2 is 2.07 bits per heavy atom. The number of halogens is 1. The molecule has 1 heterocycles. The van der Waals surface area contributed by atoms with E-state index in [1.165, 1.54) is 23.5 Å². The number of hydrogen-bond acceptors (Lipinski definition) is 3. The highest BCUT2D eigenvalue weighted by Crippen LogP contribution is 2.14. The van der Waals surface area contributed by atoms with Gasteiger partial charge in [0.05, 0.1) is 0 Å². The van der Waals surface area contributed by atoms with Crippen LogP contribution < -0.4 is 0 Å². The molecule has 70 valence electrons. The van der Waals surface area contributed by atoms with Gasteiger partial charge in [-0.1, -0.05) is 12.1 Å². The highest BCUT2D eigenvalue weighted by atomic mass is 32.1. The van der Waals surface area contributed by atoms with Crippen molar-refractivity contribution in [2.24, 2.45) is 4.99 Å². The van der Waals surface area contributed by atoms with Gasteiger partial charge in [0, 0.05) is 17.8 Å². The summed E-state index contributed by atoms with van der Waals surface area (Å²) < 4.78 is 12.5. The van der Waals surface area contributed by atoms with E-state index in [-0.39, 0.29) is 5.82 Å². The zero-order valence-corrected chi connectivity index (χ0v) is 8.04. The number of aromatic nitrogens is 1. The van der Waals surface area contributed by atoms with E-state index < -0.39 is 0 Å². The third kappa shape index (κ3) is 2.23. The van der Waals surface area contributed by atoms with Gasteiger partial charge in [-0.15, -0.1) is 11.3 Å². The molecule has 2 aromatic rings. The number of thiazole rings is 1. The minimum Gasteiger partial charge on any atom is -0.227 e. The van der Waals surface area contributed by atoms with Crippen LogP contribution in [0.5, 0.6) is 0 Å². The van der Waals surface area contributed by atoms with Crippen molar-refractivity contribution >= 4 is 22.7 Å². The van der Waals surface area contributed by atoms with Gasteiger partial charge in [-0.25, -0.2) is 14.4 Å². The number of aliphatic imine (C=N–C) groups is 1. The van der Waals surface area contributed by atoms with Crippen LogP contribution in [0.15, 0.2) is 40.8 Å². The molecule has 0 unspecified atom stereocenters. The number of hydrogen-bond donors (Lipinski definition) is 0. The molecule has 2 nitrogen and oxygen atoms in total. The van der Waals surface area contributed by atoms with E-state index in [0.29, 0.717) is 5.13 Å². The molecule has 0 saturated carbocycles. The van der Waals surface area contributed by atoms with Crippen molar-refractivity contribution < 1.29 is 4.39 Å². The Labute approximate surface area is 84.8 Å². The van der Waals surface area contributed by atoms with Crippen molar-refractivity contribution in [1.29, 1.82) is 0 Å². The van der Waals surface area contributed by atoms with E-state index in [1.807, 2.05) is 5.38 Å². The van der Waals surface area contributed by atoms with Crippen LogP contribution in [0.25, 0.3) is 0 Å². The summed E-state index contributed by atoms with van der Waals surface area (Å²) >= 11 is 1.46. The second kappa shape index (κ2) is 4.11. The lowest BCUT2D eigenvalue weighted by Gasteiger charge is -1.90. The molecule has 1 aromatic heterocycles. The van der Waals surface area contributed by atoms with Crippen LogP contribution in [0.3, 0.4) is 0 Å². The Kier molecular flexibility index (Phi) is 2.65. The van der Waals surface area contributed by atoms with Crippen LogP contribution in [-0.4, -0.2) is 11.2 Å². The van der Waals surface area contributed by atoms with Gasteiger partial charge < -0.3 is 0 Å². The second-order valence-corrected chi connectivity index (χ2v) is 3.50. The molecule has 14 heavy (non-hydrogen) atoms. The lowest BCUT2D eigenvalue weighted by molar-refractivity contribution is 0.628. The molecule has 0 saturated heterocycles. The summed E-state index contributed by atoms with van der Waals surface area (Å²) in [5.41, 5.74) is 0.863. The minimum absolute atomic E-state index is 0.239. The normalized spacial score (nSPS) is 10.9. The topological polar surface area (TPSA) is 25.2 Å². The summed E-state index contributed by atoms with van der Waals surface area (Å²) in [6.45, 7) is 0. The zero-order chi connectivity index (χ0) is 9.80. The minimum atomic E-state index is -0.239. The summed E-state index contributed by atoms with van der Waals surface area (Å²) in [7, 11) is 0. The maximum Gasteiger partial charge on any atom is 0.208 e. The molecule has 0 fully saturated rings. The third-order valence-electron chi connectivity index (χ3n) is 1.61. The molecule has 0 atom stereocenters. The first kappa shape index (κ1) is 9.02. The molecule has 0 aliphatic rings. The van der Waals surface area contributed by atoms with Crippen LogP contribution in [0.4, 0.5) is 9.52 Å². The van der Waals surface area contributed by atoms with Gasteiger partial charge in [-0.05, 0) is 17.7 Å². The molecule has 0 spiro atoms. The van der Waals surface area contributed by atoms with Crippen molar-refractivity contribution in [3.05, 3.63) is 47.2 Å². The molecule has 0 amide bonds. The maximum absolute atomic E-state index is 12.5. The Morgan fingerprint density at radius 3 is 2.71 bits per heavy atom. The van der Waals surface area contributed by atoms with E-state index >= 15 is 0 Å². The highest BCUT2D eigenvalue weighted by molar-refractivity contribution is 7.13. The van der Waals surface area contributed by atoms with Gasteiger partial charge in [0.15, 0.2) is 0 Å². The van der Waals surface area contributed by atoms with E-state index in [2.05, 4.69) is 9.98 Å². The van der Waals surface area contributed by atoms with Crippen LogP contribution in [0, 0.1) is 5.82 Å². The van der Waals surface area contributed by atoms with Gasteiger partial charge in [-0.3, -0.25) is 0 Å². The molecule has 2 rings (SSSR count). The third-order valence-corrected chi connectivity index (χ3v) is 2.29. The monoisotopic (exact) mass is 206 g/mol. The van der Waals surface area contributed by atoms with Gasteiger partial charge in [0.2, 0.25) is 5.13 Å². The highest BCUT2D eigenvalue weighted by Gasteiger charge is 1.91. The van der Waals surface area contributed by atoms with Crippen molar-refractivity contribution in [1.82, 2.24) is 4.98 Å². The standard InChI is InChI=1S/C10H7FN2S/c11-9-3-1-8(2-4-9)7-13-10-12-5-6-14-10/h1-7H/b13-7+. The predicted octanol–water partition coefficient (Wildman–Crippen LogP) is 3.03.